The van der Waals surface area contributed by atoms with Crippen LogP contribution in [0.15, 0.2) is 6.33 Å². The van der Waals surface area contributed by atoms with Gasteiger partial charge in [0, 0.05) is 19.1 Å². The zero-order chi connectivity index (χ0) is 12.8. The van der Waals surface area contributed by atoms with Crippen LogP contribution in [-0.4, -0.2) is 46.3 Å². The summed E-state index contributed by atoms with van der Waals surface area (Å²) in [6, 6.07) is 0.453. The van der Waals surface area contributed by atoms with Gasteiger partial charge in [-0.3, -0.25) is 0 Å². The third kappa shape index (κ3) is 5.28. The van der Waals surface area contributed by atoms with E-state index >= 15 is 0 Å². The summed E-state index contributed by atoms with van der Waals surface area (Å²) in [7, 11) is 4.17. The highest BCUT2D eigenvalue weighted by atomic mass is 15.3. The average Bonchev–Trinajstić information content (AvgIpc) is 2.60. The number of rotatable bonds is 7. The Bertz CT molecular complexity index is 318. The van der Waals surface area contributed by atoms with E-state index in [-0.39, 0.29) is 0 Å². The second-order valence-corrected chi connectivity index (χ2v) is 5.30. The van der Waals surface area contributed by atoms with Crippen LogP contribution < -0.4 is 5.32 Å². The van der Waals surface area contributed by atoms with E-state index in [4.69, 9.17) is 0 Å². The number of hydrogen-bond donors (Lipinski definition) is 1. The molecule has 0 saturated heterocycles. The number of nitrogens with one attached hydrogen (secondary N) is 1. The summed E-state index contributed by atoms with van der Waals surface area (Å²) in [5.74, 6) is 1.61. The Balaban J connectivity index is 2.43. The van der Waals surface area contributed by atoms with Crippen LogP contribution in [0.1, 0.15) is 26.6 Å². The van der Waals surface area contributed by atoms with Crippen molar-refractivity contribution < 1.29 is 0 Å². The Labute approximate surface area is 104 Å². The molecular formula is C12H25N5. The molecule has 1 heterocycles. The second kappa shape index (κ2) is 6.71. The molecule has 0 spiro atoms. The van der Waals surface area contributed by atoms with Gasteiger partial charge in [-0.1, -0.05) is 13.8 Å². The van der Waals surface area contributed by atoms with Crippen LogP contribution in [0.4, 0.5) is 0 Å². The van der Waals surface area contributed by atoms with Crippen LogP contribution in [0.25, 0.3) is 0 Å². The summed E-state index contributed by atoms with van der Waals surface area (Å²) in [6.07, 6.45) is 1.63. The zero-order valence-electron chi connectivity index (χ0n) is 11.6. The molecule has 0 aliphatic carbocycles. The van der Waals surface area contributed by atoms with E-state index in [1.807, 2.05) is 4.68 Å². The van der Waals surface area contributed by atoms with Crippen molar-refractivity contribution in [1.82, 2.24) is 25.0 Å². The van der Waals surface area contributed by atoms with Gasteiger partial charge >= 0.3 is 0 Å². The van der Waals surface area contributed by atoms with E-state index in [0.29, 0.717) is 12.0 Å². The van der Waals surface area contributed by atoms with Gasteiger partial charge < -0.3 is 10.2 Å². The highest BCUT2D eigenvalue weighted by molar-refractivity contribution is 4.85. The molecule has 0 fully saturated rings. The van der Waals surface area contributed by atoms with Crippen molar-refractivity contribution >= 4 is 0 Å². The molecule has 0 aromatic carbocycles. The molecule has 1 unspecified atom stereocenters. The summed E-state index contributed by atoms with van der Waals surface area (Å²) in [5, 5.41) is 7.72. The summed E-state index contributed by atoms with van der Waals surface area (Å²) in [4.78, 5) is 6.47. The Morgan fingerprint density at radius 2 is 2.06 bits per heavy atom. The third-order valence-corrected chi connectivity index (χ3v) is 2.48. The number of likely N-dealkylation sites (N-methyl/N-ethyl adjacent to an activating group) is 1. The van der Waals surface area contributed by atoms with Crippen LogP contribution in [0.3, 0.4) is 0 Å². The summed E-state index contributed by atoms with van der Waals surface area (Å²) in [6.45, 7) is 9.30. The normalized spacial score (nSPS) is 13.6. The van der Waals surface area contributed by atoms with Gasteiger partial charge in [-0.2, -0.15) is 5.10 Å². The first kappa shape index (κ1) is 14.1. The Morgan fingerprint density at radius 3 is 2.65 bits per heavy atom. The molecule has 5 heteroatoms. The van der Waals surface area contributed by atoms with Crippen LogP contribution >= 0.6 is 0 Å². The molecule has 1 N–H and O–H groups in total. The van der Waals surface area contributed by atoms with Crippen LogP contribution in [0.2, 0.25) is 0 Å². The molecule has 1 aromatic rings. The fraction of sp³-hybridized carbons (Fsp3) is 0.833. The molecule has 0 amide bonds. The highest BCUT2D eigenvalue weighted by Gasteiger charge is 2.08. The maximum atomic E-state index is 4.30. The lowest BCUT2D eigenvalue weighted by atomic mass is 10.2. The number of nitrogens with zero attached hydrogens (tertiary/aromatic N) is 4. The van der Waals surface area contributed by atoms with Crippen molar-refractivity contribution in [2.45, 2.75) is 39.9 Å². The van der Waals surface area contributed by atoms with Gasteiger partial charge in [0.15, 0.2) is 0 Å². The predicted molar refractivity (Wildman–Crippen MR) is 69.7 cm³/mol. The molecule has 0 aliphatic heterocycles. The summed E-state index contributed by atoms with van der Waals surface area (Å²) >= 11 is 0. The fourth-order valence-electron chi connectivity index (χ4n) is 1.80. The standard InChI is InChI=1S/C12H25N5/c1-10(2)7-17-12(14-9-15-17)6-13-11(3)8-16(4)5/h9-11,13H,6-8H2,1-5H3. The van der Waals surface area contributed by atoms with Gasteiger partial charge in [0.1, 0.15) is 12.2 Å². The van der Waals surface area contributed by atoms with Gasteiger partial charge in [-0.25, -0.2) is 9.67 Å². The van der Waals surface area contributed by atoms with Crippen molar-refractivity contribution in [3.05, 3.63) is 12.2 Å². The first-order valence-electron chi connectivity index (χ1n) is 6.23. The maximum absolute atomic E-state index is 4.30. The van der Waals surface area contributed by atoms with Gasteiger partial charge in [-0.15, -0.1) is 0 Å². The SMILES string of the molecule is CC(C)Cn1ncnc1CNC(C)CN(C)C. The zero-order valence-corrected chi connectivity index (χ0v) is 11.6. The van der Waals surface area contributed by atoms with Crippen molar-refractivity contribution in [1.29, 1.82) is 0 Å². The molecule has 0 saturated carbocycles. The van der Waals surface area contributed by atoms with Crippen LogP contribution in [0, 0.1) is 5.92 Å². The molecule has 98 valence electrons. The van der Waals surface area contributed by atoms with Crippen molar-refractivity contribution in [2.75, 3.05) is 20.6 Å². The van der Waals surface area contributed by atoms with E-state index < -0.39 is 0 Å². The lowest BCUT2D eigenvalue weighted by molar-refractivity contribution is 0.344. The predicted octanol–water partition coefficient (Wildman–Crippen LogP) is 0.974. The van der Waals surface area contributed by atoms with Crippen molar-refractivity contribution in [3.8, 4) is 0 Å². The van der Waals surface area contributed by atoms with E-state index in [1.54, 1.807) is 6.33 Å². The van der Waals surface area contributed by atoms with Crippen LogP contribution in [0.5, 0.6) is 0 Å². The van der Waals surface area contributed by atoms with Crippen LogP contribution in [-0.2, 0) is 13.1 Å². The molecular weight excluding hydrogens is 214 g/mol. The lowest BCUT2D eigenvalue weighted by Gasteiger charge is -2.18. The summed E-state index contributed by atoms with van der Waals surface area (Å²) in [5.41, 5.74) is 0. The van der Waals surface area contributed by atoms with Gasteiger partial charge in [0.25, 0.3) is 0 Å². The Kier molecular flexibility index (Phi) is 5.58. The molecule has 0 bridgehead atoms. The first-order valence-corrected chi connectivity index (χ1v) is 6.23. The topological polar surface area (TPSA) is 46.0 Å². The molecule has 1 rings (SSSR count). The minimum absolute atomic E-state index is 0.453. The third-order valence-electron chi connectivity index (χ3n) is 2.48. The van der Waals surface area contributed by atoms with Crippen molar-refractivity contribution in [2.24, 2.45) is 5.92 Å². The smallest absolute Gasteiger partial charge is 0.140 e. The van der Waals surface area contributed by atoms with Crippen molar-refractivity contribution in [3.63, 3.8) is 0 Å². The largest absolute Gasteiger partial charge is 0.308 e. The van der Waals surface area contributed by atoms with E-state index in [1.165, 1.54) is 0 Å². The van der Waals surface area contributed by atoms with Gasteiger partial charge in [0.05, 0.1) is 6.54 Å². The maximum Gasteiger partial charge on any atom is 0.140 e. The number of aromatic nitrogens is 3. The second-order valence-electron chi connectivity index (χ2n) is 5.30. The summed E-state index contributed by atoms with van der Waals surface area (Å²) < 4.78 is 1.99. The minimum Gasteiger partial charge on any atom is -0.308 e. The van der Waals surface area contributed by atoms with Gasteiger partial charge in [0.2, 0.25) is 0 Å². The highest BCUT2D eigenvalue weighted by Crippen LogP contribution is 2.01. The molecule has 0 aliphatic rings. The van der Waals surface area contributed by atoms with E-state index in [9.17, 15) is 0 Å². The Hall–Kier alpha value is -0.940. The minimum atomic E-state index is 0.453. The molecule has 5 nitrogen and oxygen atoms in total. The average molecular weight is 239 g/mol. The molecule has 1 aromatic heterocycles. The molecule has 1 atom stereocenters. The molecule has 17 heavy (non-hydrogen) atoms. The molecule has 0 radical (unpaired) electrons. The number of hydrogen-bond acceptors (Lipinski definition) is 4. The monoisotopic (exact) mass is 239 g/mol. The first-order chi connectivity index (χ1) is 7.99. The van der Waals surface area contributed by atoms with E-state index in [0.717, 1.165) is 25.5 Å². The quantitative estimate of drug-likeness (QED) is 0.770. The lowest BCUT2D eigenvalue weighted by Crippen LogP contribution is -2.36. The Morgan fingerprint density at radius 1 is 1.35 bits per heavy atom. The van der Waals surface area contributed by atoms with Gasteiger partial charge in [-0.05, 0) is 26.9 Å². The van der Waals surface area contributed by atoms with E-state index in [2.05, 4.69) is 55.2 Å². The fourth-order valence-corrected chi connectivity index (χ4v) is 1.80.